The van der Waals surface area contributed by atoms with E-state index < -0.39 is 0 Å². The summed E-state index contributed by atoms with van der Waals surface area (Å²) in [5, 5.41) is 0. The molecular weight excluding hydrogens is 234 g/mol. The average Bonchev–Trinajstić information content (AvgIpc) is 2.40. The molecule has 1 aromatic rings. The zero-order chi connectivity index (χ0) is 14.1. The molecule has 0 spiro atoms. The zero-order valence-corrected chi connectivity index (χ0v) is 12.6. The number of rotatable bonds is 8. The van der Waals surface area contributed by atoms with Crippen molar-refractivity contribution in [1.29, 1.82) is 0 Å². The molecule has 0 aliphatic rings. The third-order valence-electron chi connectivity index (χ3n) is 3.32. The van der Waals surface area contributed by atoms with Crippen LogP contribution in [-0.2, 0) is 11.2 Å². The second kappa shape index (κ2) is 8.73. The highest BCUT2D eigenvalue weighted by Gasteiger charge is 2.10. The fourth-order valence-electron chi connectivity index (χ4n) is 2.26. The first-order valence-electron chi connectivity index (χ1n) is 7.50. The van der Waals surface area contributed by atoms with E-state index in [1.54, 1.807) is 0 Å². The van der Waals surface area contributed by atoms with E-state index in [1.165, 1.54) is 11.1 Å². The highest BCUT2D eigenvalue weighted by molar-refractivity contribution is 5.76. The van der Waals surface area contributed by atoms with Gasteiger partial charge in [-0.2, -0.15) is 0 Å². The van der Waals surface area contributed by atoms with Crippen LogP contribution in [0.3, 0.4) is 0 Å². The Morgan fingerprint density at radius 2 is 1.63 bits per heavy atom. The molecule has 0 atom stereocenters. The first-order valence-corrected chi connectivity index (χ1v) is 7.50. The van der Waals surface area contributed by atoms with Crippen LogP contribution in [0, 0.1) is 6.92 Å². The quantitative estimate of drug-likeness (QED) is 0.693. The van der Waals surface area contributed by atoms with Gasteiger partial charge in [0.05, 0.1) is 0 Å². The molecule has 0 heterocycles. The second-order valence-electron chi connectivity index (χ2n) is 5.22. The molecule has 0 saturated heterocycles. The summed E-state index contributed by atoms with van der Waals surface area (Å²) in [4.78, 5) is 14.1. The predicted octanol–water partition coefficient (Wildman–Crippen LogP) is 3.97. The molecule has 0 N–H and O–H groups in total. The molecule has 2 nitrogen and oxygen atoms in total. The molecule has 0 radical (unpaired) electrons. The van der Waals surface area contributed by atoms with E-state index >= 15 is 0 Å². The Kier molecular flexibility index (Phi) is 7.24. The van der Waals surface area contributed by atoms with Gasteiger partial charge in [-0.1, -0.05) is 43.7 Å². The van der Waals surface area contributed by atoms with Gasteiger partial charge in [0.1, 0.15) is 0 Å². The van der Waals surface area contributed by atoms with E-state index in [-0.39, 0.29) is 0 Å². The summed E-state index contributed by atoms with van der Waals surface area (Å²) in [7, 11) is 0. The fraction of sp³-hybridized carbons (Fsp3) is 0.588. The number of hydrogen-bond acceptors (Lipinski definition) is 1. The molecule has 0 bridgehead atoms. The molecule has 106 valence electrons. The molecule has 0 aromatic heterocycles. The molecule has 19 heavy (non-hydrogen) atoms. The molecule has 1 amide bonds. The van der Waals surface area contributed by atoms with Crippen LogP contribution in [0.25, 0.3) is 0 Å². The normalized spacial score (nSPS) is 10.5. The average molecular weight is 261 g/mol. The second-order valence-corrected chi connectivity index (χ2v) is 5.22. The van der Waals surface area contributed by atoms with Gasteiger partial charge in [-0.15, -0.1) is 0 Å². The summed E-state index contributed by atoms with van der Waals surface area (Å²) < 4.78 is 0. The summed E-state index contributed by atoms with van der Waals surface area (Å²) >= 11 is 0. The smallest absolute Gasteiger partial charge is 0.222 e. The molecule has 1 aromatic carbocycles. The van der Waals surface area contributed by atoms with Gasteiger partial charge in [-0.3, -0.25) is 4.79 Å². The van der Waals surface area contributed by atoms with Crippen LogP contribution >= 0.6 is 0 Å². The first-order chi connectivity index (χ1) is 9.17. The van der Waals surface area contributed by atoms with Crippen LogP contribution in [0.5, 0.6) is 0 Å². The molecule has 0 unspecified atom stereocenters. The van der Waals surface area contributed by atoms with Crippen LogP contribution in [0.1, 0.15) is 50.7 Å². The minimum atomic E-state index is 0.316. The van der Waals surface area contributed by atoms with Gasteiger partial charge in [0.15, 0.2) is 0 Å². The van der Waals surface area contributed by atoms with Gasteiger partial charge < -0.3 is 4.90 Å². The lowest BCUT2D eigenvalue weighted by molar-refractivity contribution is -0.131. The number of carbonyl (C=O) groups is 1. The number of aryl methyl sites for hydroxylation is 2. The highest BCUT2D eigenvalue weighted by Crippen LogP contribution is 2.09. The Hall–Kier alpha value is -1.31. The summed E-state index contributed by atoms with van der Waals surface area (Å²) in [5.41, 5.74) is 2.62. The lowest BCUT2D eigenvalue weighted by Crippen LogP contribution is -2.32. The number of carbonyl (C=O) groups excluding carboxylic acids is 1. The van der Waals surface area contributed by atoms with Crippen LogP contribution in [0.15, 0.2) is 24.3 Å². The van der Waals surface area contributed by atoms with Crippen LogP contribution in [0.4, 0.5) is 0 Å². The number of hydrogen-bond donors (Lipinski definition) is 0. The zero-order valence-electron chi connectivity index (χ0n) is 12.6. The maximum absolute atomic E-state index is 12.1. The van der Waals surface area contributed by atoms with Gasteiger partial charge in [-0.25, -0.2) is 0 Å². The molecule has 0 fully saturated rings. The van der Waals surface area contributed by atoms with Crippen molar-refractivity contribution in [3.63, 3.8) is 0 Å². The van der Waals surface area contributed by atoms with E-state index in [0.717, 1.165) is 38.8 Å². The SMILES string of the molecule is CCCN(CCC)C(=O)CCCc1ccc(C)cc1. The number of benzene rings is 1. The van der Waals surface area contributed by atoms with E-state index in [2.05, 4.69) is 45.0 Å². The Morgan fingerprint density at radius 1 is 1.05 bits per heavy atom. The summed E-state index contributed by atoms with van der Waals surface area (Å²) in [6.45, 7) is 8.15. The third-order valence-corrected chi connectivity index (χ3v) is 3.32. The highest BCUT2D eigenvalue weighted by atomic mass is 16.2. The maximum atomic E-state index is 12.1. The minimum Gasteiger partial charge on any atom is -0.343 e. The van der Waals surface area contributed by atoms with Crippen LogP contribution in [0.2, 0.25) is 0 Å². The van der Waals surface area contributed by atoms with Crippen molar-refractivity contribution in [2.24, 2.45) is 0 Å². The van der Waals surface area contributed by atoms with Crippen molar-refractivity contribution in [1.82, 2.24) is 4.90 Å². The number of nitrogens with zero attached hydrogens (tertiary/aromatic N) is 1. The Labute approximate surface area is 117 Å². The molecule has 0 aliphatic carbocycles. The van der Waals surface area contributed by atoms with Gasteiger partial charge in [-0.05, 0) is 38.2 Å². The topological polar surface area (TPSA) is 20.3 Å². The van der Waals surface area contributed by atoms with Crippen molar-refractivity contribution in [2.75, 3.05) is 13.1 Å². The molecule has 2 heteroatoms. The molecule has 0 saturated carbocycles. The predicted molar refractivity (Wildman–Crippen MR) is 81.3 cm³/mol. The molecule has 1 rings (SSSR count). The van der Waals surface area contributed by atoms with Crippen molar-refractivity contribution in [3.05, 3.63) is 35.4 Å². The Morgan fingerprint density at radius 3 is 2.16 bits per heavy atom. The van der Waals surface area contributed by atoms with Gasteiger partial charge >= 0.3 is 0 Å². The minimum absolute atomic E-state index is 0.316. The van der Waals surface area contributed by atoms with Crippen molar-refractivity contribution in [3.8, 4) is 0 Å². The number of amides is 1. The van der Waals surface area contributed by atoms with Crippen molar-refractivity contribution in [2.45, 2.75) is 52.9 Å². The fourth-order valence-corrected chi connectivity index (χ4v) is 2.26. The van der Waals surface area contributed by atoms with E-state index in [4.69, 9.17) is 0 Å². The third kappa shape index (κ3) is 5.91. The lowest BCUT2D eigenvalue weighted by atomic mass is 10.1. The van der Waals surface area contributed by atoms with Gasteiger partial charge in [0.25, 0.3) is 0 Å². The Balaban J connectivity index is 2.34. The van der Waals surface area contributed by atoms with Crippen LogP contribution in [-0.4, -0.2) is 23.9 Å². The van der Waals surface area contributed by atoms with Crippen molar-refractivity contribution < 1.29 is 4.79 Å². The molecule has 0 aliphatic heterocycles. The summed E-state index contributed by atoms with van der Waals surface area (Å²) in [5.74, 6) is 0.316. The Bertz CT molecular complexity index is 363. The van der Waals surface area contributed by atoms with Crippen LogP contribution < -0.4 is 0 Å². The lowest BCUT2D eigenvalue weighted by Gasteiger charge is -2.21. The monoisotopic (exact) mass is 261 g/mol. The first kappa shape index (κ1) is 15.7. The van der Waals surface area contributed by atoms with E-state index in [9.17, 15) is 4.79 Å². The molecular formula is C17H27NO. The van der Waals surface area contributed by atoms with E-state index in [1.807, 2.05) is 4.90 Å². The van der Waals surface area contributed by atoms with E-state index in [0.29, 0.717) is 12.3 Å². The summed E-state index contributed by atoms with van der Waals surface area (Å²) in [6.07, 6.45) is 4.71. The summed E-state index contributed by atoms with van der Waals surface area (Å²) in [6, 6.07) is 8.60. The maximum Gasteiger partial charge on any atom is 0.222 e. The standard InChI is InChI=1S/C17H27NO/c1-4-13-18(14-5-2)17(19)8-6-7-16-11-9-15(3)10-12-16/h9-12H,4-8,13-14H2,1-3H3. The van der Waals surface area contributed by atoms with Gasteiger partial charge in [0.2, 0.25) is 5.91 Å². The largest absolute Gasteiger partial charge is 0.343 e. The van der Waals surface area contributed by atoms with Gasteiger partial charge in [0, 0.05) is 19.5 Å². The van der Waals surface area contributed by atoms with Crippen molar-refractivity contribution >= 4 is 5.91 Å².